The van der Waals surface area contributed by atoms with Crippen LogP contribution in [0, 0.1) is 0 Å². The number of aromatic amines is 1. The van der Waals surface area contributed by atoms with E-state index >= 15 is 0 Å². The third-order valence-electron chi connectivity index (χ3n) is 2.09. The van der Waals surface area contributed by atoms with Crippen LogP contribution >= 0.6 is 11.6 Å². The summed E-state index contributed by atoms with van der Waals surface area (Å²) < 4.78 is 4.56. The molecule has 2 N–H and O–H groups in total. The number of halogens is 1. The summed E-state index contributed by atoms with van der Waals surface area (Å²) in [5.74, 6) is -0.00485. The first-order valence-electron chi connectivity index (χ1n) is 4.44. The highest BCUT2D eigenvalue weighted by atomic mass is 35.5. The third kappa shape index (κ3) is 1.87. The number of H-pyrrole nitrogens is 1. The zero-order chi connectivity index (χ0) is 11.7. The summed E-state index contributed by atoms with van der Waals surface area (Å²) in [7, 11) is 0. The van der Waals surface area contributed by atoms with E-state index in [1.54, 1.807) is 18.2 Å². The Labute approximate surface area is 95.1 Å². The summed E-state index contributed by atoms with van der Waals surface area (Å²) in [5.41, 5.74) is 0.189. The van der Waals surface area contributed by atoms with Crippen LogP contribution in [0.4, 0.5) is 0 Å². The molecule has 0 atom stereocenters. The highest BCUT2D eigenvalue weighted by Crippen LogP contribution is 2.23. The average molecular weight is 238 g/mol. The van der Waals surface area contributed by atoms with Crippen LogP contribution in [0.15, 0.2) is 27.5 Å². The number of nitrogens with one attached hydrogen (secondary N) is 1. The molecule has 5 heteroatoms. The largest absolute Gasteiger partial charge is 0.506 e. The van der Waals surface area contributed by atoms with Crippen molar-refractivity contribution in [3.63, 3.8) is 0 Å². The molecule has 0 radical (unpaired) electrons. The maximum absolute atomic E-state index is 11.2. The van der Waals surface area contributed by atoms with E-state index in [-0.39, 0.29) is 10.8 Å². The molecule has 1 aromatic carbocycles. The Morgan fingerprint density at radius 1 is 1.50 bits per heavy atom. The van der Waals surface area contributed by atoms with Crippen LogP contribution in [0.5, 0.6) is 5.75 Å². The second-order valence-corrected chi connectivity index (χ2v) is 3.65. The van der Waals surface area contributed by atoms with E-state index in [1.165, 1.54) is 6.07 Å². The second kappa shape index (κ2) is 3.90. The van der Waals surface area contributed by atoms with Crippen LogP contribution in [-0.4, -0.2) is 10.3 Å². The minimum atomic E-state index is -0.491. The van der Waals surface area contributed by atoms with Gasteiger partial charge in [0.1, 0.15) is 5.75 Å². The molecule has 0 aliphatic carbocycles. The third-order valence-corrected chi connectivity index (χ3v) is 2.40. The second-order valence-electron chi connectivity index (χ2n) is 3.24. The van der Waals surface area contributed by atoms with Crippen molar-refractivity contribution < 1.29 is 9.63 Å². The molecule has 2 aromatic rings. The zero-order valence-corrected chi connectivity index (χ0v) is 8.91. The van der Waals surface area contributed by atoms with Crippen molar-refractivity contribution in [2.24, 2.45) is 0 Å². The Kier molecular flexibility index (Phi) is 2.58. The number of rotatable bonds is 1. The lowest BCUT2D eigenvalue weighted by atomic mass is 10.2. The molecule has 0 amide bonds. The van der Waals surface area contributed by atoms with E-state index in [0.717, 1.165) is 0 Å². The van der Waals surface area contributed by atoms with Gasteiger partial charge in [-0.05, 0) is 23.8 Å². The van der Waals surface area contributed by atoms with Gasteiger partial charge in [-0.15, -0.1) is 0 Å². The van der Waals surface area contributed by atoms with Gasteiger partial charge < -0.3 is 9.63 Å². The highest BCUT2D eigenvalue weighted by Gasteiger charge is 2.00. The SMILES string of the molecule is C=c1[nH]oc(=O)c1=Cc1ccc(O)c(Cl)c1. The number of hydrogen-bond donors (Lipinski definition) is 2. The zero-order valence-electron chi connectivity index (χ0n) is 8.16. The molecule has 1 aromatic heterocycles. The fourth-order valence-corrected chi connectivity index (χ4v) is 1.46. The van der Waals surface area contributed by atoms with Crippen molar-refractivity contribution in [3.8, 4) is 5.75 Å². The maximum atomic E-state index is 11.2. The van der Waals surface area contributed by atoms with Crippen molar-refractivity contribution in [3.05, 3.63) is 49.8 Å². The minimum absolute atomic E-state index is 0.00485. The van der Waals surface area contributed by atoms with Crippen LogP contribution in [0.25, 0.3) is 12.7 Å². The minimum Gasteiger partial charge on any atom is -0.506 e. The summed E-state index contributed by atoms with van der Waals surface area (Å²) in [6.45, 7) is 3.61. The van der Waals surface area contributed by atoms with E-state index in [1.807, 2.05) is 0 Å². The van der Waals surface area contributed by atoms with Gasteiger partial charge in [-0.25, -0.2) is 9.95 Å². The standard InChI is InChI=1S/C11H8ClNO3/c1-6-8(11(15)16-13-6)4-7-2-3-10(14)9(12)5-7/h2-5,13-14H,1H2. The molecule has 0 bridgehead atoms. The Bertz CT molecular complexity index is 653. The van der Waals surface area contributed by atoms with Gasteiger partial charge in [-0.2, -0.15) is 0 Å². The highest BCUT2D eigenvalue weighted by molar-refractivity contribution is 6.32. The Morgan fingerprint density at radius 2 is 2.25 bits per heavy atom. The number of benzene rings is 1. The van der Waals surface area contributed by atoms with E-state index in [0.29, 0.717) is 16.1 Å². The molecule has 4 nitrogen and oxygen atoms in total. The lowest BCUT2D eigenvalue weighted by Gasteiger charge is -1.96. The van der Waals surface area contributed by atoms with Crippen LogP contribution in [0.2, 0.25) is 5.02 Å². The summed E-state index contributed by atoms with van der Waals surface area (Å²) in [4.78, 5) is 11.2. The maximum Gasteiger partial charge on any atom is 0.365 e. The molecule has 0 saturated heterocycles. The van der Waals surface area contributed by atoms with Crippen LogP contribution < -0.4 is 16.2 Å². The molecule has 82 valence electrons. The molecule has 16 heavy (non-hydrogen) atoms. The molecular weight excluding hydrogens is 230 g/mol. The van der Waals surface area contributed by atoms with Crippen molar-refractivity contribution >= 4 is 24.3 Å². The predicted octanol–water partition coefficient (Wildman–Crippen LogP) is 0.566. The van der Waals surface area contributed by atoms with Crippen molar-refractivity contribution in [1.29, 1.82) is 0 Å². The van der Waals surface area contributed by atoms with Crippen LogP contribution in [0.3, 0.4) is 0 Å². The molecule has 0 aliphatic heterocycles. The van der Waals surface area contributed by atoms with E-state index in [2.05, 4.69) is 16.3 Å². The average Bonchev–Trinajstić information content (AvgIpc) is 2.55. The lowest BCUT2D eigenvalue weighted by Crippen LogP contribution is -2.31. The van der Waals surface area contributed by atoms with Crippen LogP contribution in [-0.2, 0) is 0 Å². The molecule has 0 fully saturated rings. The molecule has 0 unspecified atom stereocenters. The number of aromatic hydroxyl groups is 1. The topological polar surface area (TPSA) is 66.2 Å². The van der Waals surface area contributed by atoms with Crippen molar-refractivity contribution in [2.75, 3.05) is 0 Å². The first kappa shape index (κ1) is 10.6. The number of phenolic OH excluding ortho intramolecular Hbond substituents is 1. The normalized spacial score (nSPS) is 11.9. The van der Waals surface area contributed by atoms with Crippen LogP contribution in [0.1, 0.15) is 5.56 Å². The molecule has 0 aliphatic rings. The number of aromatic nitrogens is 1. The summed E-state index contributed by atoms with van der Waals surface area (Å²) in [5, 5.41) is 12.6. The molecule has 0 spiro atoms. The van der Waals surface area contributed by atoms with Gasteiger partial charge in [0, 0.05) is 0 Å². The smallest absolute Gasteiger partial charge is 0.365 e. The summed E-state index contributed by atoms with van der Waals surface area (Å²) in [6.07, 6.45) is 1.58. The van der Waals surface area contributed by atoms with Gasteiger partial charge in [-0.1, -0.05) is 24.2 Å². The quantitative estimate of drug-likeness (QED) is 0.762. The van der Waals surface area contributed by atoms with Gasteiger partial charge in [0.15, 0.2) is 0 Å². The first-order valence-corrected chi connectivity index (χ1v) is 4.82. The Balaban J connectivity index is 2.64. The van der Waals surface area contributed by atoms with Crippen molar-refractivity contribution in [2.45, 2.75) is 0 Å². The molecule has 1 heterocycles. The van der Waals surface area contributed by atoms with Gasteiger partial charge >= 0.3 is 5.63 Å². The Hall–Kier alpha value is -1.94. The van der Waals surface area contributed by atoms with Gasteiger partial charge in [-0.3, -0.25) is 0 Å². The molecular formula is C11H8ClNO3. The van der Waals surface area contributed by atoms with Gasteiger partial charge in [0.25, 0.3) is 0 Å². The summed E-state index contributed by atoms with van der Waals surface area (Å²) >= 11 is 5.74. The van der Waals surface area contributed by atoms with Gasteiger partial charge in [0.2, 0.25) is 0 Å². The van der Waals surface area contributed by atoms with Crippen molar-refractivity contribution in [1.82, 2.24) is 5.16 Å². The molecule has 0 saturated carbocycles. The molecule has 2 rings (SSSR count). The Morgan fingerprint density at radius 3 is 2.81 bits per heavy atom. The monoisotopic (exact) mass is 237 g/mol. The number of hydrogen-bond acceptors (Lipinski definition) is 3. The predicted molar refractivity (Wildman–Crippen MR) is 60.8 cm³/mol. The summed E-state index contributed by atoms with van der Waals surface area (Å²) in [6, 6.07) is 4.63. The number of phenols is 1. The van der Waals surface area contributed by atoms with E-state index in [4.69, 9.17) is 11.6 Å². The first-order chi connectivity index (χ1) is 7.58. The fourth-order valence-electron chi connectivity index (χ4n) is 1.27. The van der Waals surface area contributed by atoms with E-state index < -0.39 is 5.63 Å². The fraction of sp³-hybridized carbons (Fsp3) is 0. The van der Waals surface area contributed by atoms with Gasteiger partial charge in [0.05, 0.1) is 15.6 Å². The lowest BCUT2D eigenvalue weighted by molar-refractivity contribution is 0.386. The van der Waals surface area contributed by atoms with E-state index in [9.17, 15) is 9.90 Å².